The second-order valence-electron chi connectivity index (χ2n) is 7.03. The van der Waals surface area contributed by atoms with Gasteiger partial charge in [-0.3, -0.25) is 14.1 Å². The van der Waals surface area contributed by atoms with Crippen LogP contribution in [0.1, 0.15) is 49.6 Å². The average Bonchev–Trinajstić information content (AvgIpc) is 2.60. The maximum Gasteiger partial charge on any atom is 0.232 e. The first-order valence-electron chi connectivity index (χ1n) is 8.86. The van der Waals surface area contributed by atoms with E-state index in [9.17, 15) is 13.2 Å². The maximum atomic E-state index is 12.3. The smallest absolute Gasteiger partial charge is 0.232 e. The third kappa shape index (κ3) is 5.79. The van der Waals surface area contributed by atoms with E-state index in [1.807, 2.05) is 19.1 Å². The Hall–Kier alpha value is -2.41. The van der Waals surface area contributed by atoms with Crippen molar-refractivity contribution in [3.63, 3.8) is 0 Å². The number of hydrogen-bond acceptors (Lipinski definition) is 4. The average molecular weight is 390 g/mol. The largest absolute Gasteiger partial charge is 0.348 e. The van der Waals surface area contributed by atoms with Gasteiger partial charge in [-0.25, -0.2) is 8.42 Å². The van der Waals surface area contributed by atoms with Crippen LogP contribution < -0.4 is 9.62 Å². The number of nitrogens with zero attached hydrogens (tertiary/aromatic N) is 2. The number of rotatable bonds is 7. The van der Waals surface area contributed by atoms with Crippen molar-refractivity contribution in [2.75, 3.05) is 17.6 Å². The number of aromatic nitrogens is 1. The highest BCUT2D eigenvalue weighted by Gasteiger charge is 2.15. The minimum Gasteiger partial charge on any atom is -0.348 e. The molecule has 0 aliphatic carbocycles. The molecule has 27 heavy (non-hydrogen) atoms. The van der Waals surface area contributed by atoms with Gasteiger partial charge in [0.05, 0.1) is 36.3 Å². The predicted molar refractivity (Wildman–Crippen MR) is 108 cm³/mol. The molecule has 0 spiro atoms. The minimum atomic E-state index is -3.33. The summed E-state index contributed by atoms with van der Waals surface area (Å²) in [6.45, 7) is 6.12. The number of carbonyl (C=O) groups is 1. The van der Waals surface area contributed by atoms with Crippen LogP contribution in [0.3, 0.4) is 0 Å². The summed E-state index contributed by atoms with van der Waals surface area (Å²) in [4.78, 5) is 16.6. The molecule has 0 bridgehead atoms. The zero-order valence-electron chi connectivity index (χ0n) is 16.4. The fourth-order valence-electron chi connectivity index (χ4n) is 2.60. The lowest BCUT2D eigenvalue weighted by Crippen LogP contribution is -2.29. The quantitative estimate of drug-likeness (QED) is 0.789. The molecule has 6 nitrogen and oxygen atoms in total. The van der Waals surface area contributed by atoms with Crippen LogP contribution in [0.15, 0.2) is 42.6 Å². The molecule has 0 radical (unpaired) electrons. The molecule has 1 heterocycles. The van der Waals surface area contributed by atoms with Gasteiger partial charge in [0.25, 0.3) is 0 Å². The number of amides is 1. The summed E-state index contributed by atoms with van der Waals surface area (Å²) < 4.78 is 24.3. The van der Waals surface area contributed by atoms with Gasteiger partial charge < -0.3 is 5.32 Å². The van der Waals surface area contributed by atoms with Gasteiger partial charge in [0.1, 0.15) is 0 Å². The number of pyridine rings is 1. The molecule has 1 amide bonds. The van der Waals surface area contributed by atoms with Crippen molar-refractivity contribution in [2.24, 2.45) is 0 Å². The van der Waals surface area contributed by atoms with Crippen molar-refractivity contribution in [2.45, 2.75) is 39.2 Å². The summed E-state index contributed by atoms with van der Waals surface area (Å²) in [6.07, 6.45) is 2.93. The third-order valence-corrected chi connectivity index (χ3v) is 5.67. The van der Waals surface area contributed by atoms with Gasteiger partial charge >= 0.3 is 0 Å². The van der Waals surface area contributed by atoms with Crippen molar-refractivity contribution >= 4 is 21.6 Å². The zero-order chi connectivity index (χ0) is 20.2. The van der Waals surface area contributed by atoms with Crippen LogP contribution >= 0.6 is 0 Å². The first kappa shape index (κ1) is 20.9. The fourth-order valence-corrected chi connectivity index (χ4v) is 3.09. The van der Waals surface area contributed by atoms with E-state index in [4.69, 9.17) is 0 Å². The second kappa shape index (κ2) is 8.52. The second-order valence-corrected chi connectivity index (χ2v) is 9.05. The van der Waals surface area contributed by atoms with E-state index in [0.717, 1.165) is 16.1 Å². The van der Waals surface area contributed by atoms with Crippen LogP contribution in [-0.4, -0.2) is 32.6 Å². The Morgan fingerprint density at radius 1 is 1.11 bits per heavy atom. The van der Waals surface area contributed by atoms with E-state index < -0.39 is 10.0 Å². The Morgan fingerprint density at radius 2 is 1.74 bits per heavy atom. The van der Waals surface area contributed by atoms with Crippen LogP contribution in [0, 0.1) is 0 Å². The number of hydrogen-bond donors (Lipinski definition) is 1. The van der Waals surface area contributed by atoms with Gasteiger partial charge in [0, 0.05) is 7.05 Å². The van der Waals surface area contributed by atoms with E-state index in [2.05, 4.69) is 36.3 Å². The highest BCUT2D eigenvalue weighted by Crippen LogP contribution is 2.18. The standard InChI is InChI=1S/C20H27N3O3S/c1-14(2)17-8-6-16(7-9-17)12-20(24)22-15(3)19-11-10-18(13-21-19)23(4)27(5,25)26/h6-11,13-15H,12H2,1-5H3,(H,22,24)/t15-/m1/s1. The fraction of sp³-hybridized carbons (Fsp3) is 0.400. The molecule has 1 atom stereocenters. The number of benzene rings is 1. The molecule has 1 aromatic carbocycles. The molecule has 0 saturated carbocycles. The molecular formula is C20H27N3O3S. The van der Waals surface area contributed by atoms with Crippen molar-refractivity contribution in [3.8, 4) is 0 Å². The Kier molecular flexibility index (Phi) is 6.59. The predicted octanol–water partition coefficient (Wildman–Crippen LogP) is 3.02. The number of nitrogens with one attached hydrogen (secondary N) is 1. The minimum absolute atomic E-state index is 0.0843. The molecular weight excluding hydrogens is 362 g/mol. The molecule has 0 aliphatic rings. The summed E-state index contributed by atoms with van der Waals surface area (Å²) in [5, 5.41) is 2.93. The molecule has 1 aromatic heterocycles. The maximum absolute atomic E-state index is 12.3. The molecule has 2 aromatic rings. The lowest BCUT2D eigenvalue weighted by Gasteiger charge is -2.18. The van der Waals surface area contributed by atoms with Crippen molar-refractivity contribution in [3.05, 3.63) is 59.4 Å². The van der Waals surface area contributed by atoms with E-state index in [-0.39, 0.29) is 11.9 Å². The summed E-state index contributed by atoms with van der Waals surface area (Å²) in [5.74, 6) is 0.377. The van der Waals surface area contributed by atoms with E-state index in [0.29, 0.717) is 23.7 Å². The molecule has 2 rings (SSSR count). The van der Waals surface area contributed by atoms with E-state index in [1.165, 1.54) is 18.8 Å². The van der Waals surface area contributed by atoms with Crippen molar-refractivity contribution in [1.82, 2.24) is 10.3 Å². The topological polar surface area (TPSA) is 79.4 Å². The van der Waals surface area contributed by atoms with Crippen LogP contribution in [0.25, 0.3) is 0 Å². The van der Waals surface area contributed by atoms with Crippen LogP contribution in [0.2, 0.25) is 0 Å². The molecule has 7 heteroatoms. The van der Waals surface area contributed by atoms with Gasteiger partial charge in [0.15, 0.2) is 0 Å². The van der Waals surface area contributed by atoms with Crippen LogP contribution in [0.4, 0.5) is 5.69 Å². The molecule has 1 N–H and O–H groups in total. The van der Waals surface area contributed by atoms with E-state index >= 15 is 0 Å². The zero-order valence-corrected chi connectivity index (χ0v) is 17.2. The third-order valence-electron chi connectivity index (χ3n) is 4.46. The Labute approximate surface area is 161 Å². The van der Waals surface area contributed by atoms with Crippen LogP contribution in [0.5, 0.6) is 0 Å². The Morgan fingerprint density at radius 3 is 2.22 bits per heavy atom. The molecule has 0 unspecified atom stereocenters. The van der Waals surface area contributed by atoms with Gasteiger partial charge in [-0.15, -0.1) is 0 Å². The first-order chi connectivity index (χ1) is 12.6. The van der Waals surface area contributed by atoms with Crippen LogP contribution in [-0.2, 0) is 21.2 Å². The Balaban J connectivity index is 1.97. The lowest BCUT2D eigenvalue weighted by atomic mass is 10.0. The highest BCUT2D eigenvalue weighted by molar-refractivity contribution is 7.92. The van der Waals surface area contributed by atoms with Gasteiger partial charge in [0.2, 0.25) is 15.9 Å². The van der Waals surface area contributed by atoms with Gasteiger partial charge in [-0.05, 0) is 36.1 Å². The molecule has 0 fully saturated rings. The van der Waals surface area contributed by atoms with E-state index in [1.54, 1.807) is 12.1 Å². The summed E-state index contributed by atoms with van der Waals surface area (Å²) in [5.41, 5.74) is 3.35. The number of carbonyl (C=O) groups excluding carboxylic acids is 1. The highest BCUT2D eigenvalue weighted by atomic mass is 32.2. The monoisotopic (exact) mass is 389 g/mol. The van der Waals surface area contributed by atoms with Gasteiger partial charge in [-0.2, -0.15) is 0 Å². The molecule has 146 valence electrons. The van der Waals surface area contributed by atoms with Crippen molar-refractivity contribution < 1.29 is 13.2 Å². The summed E-state index contributed by atoms with van der Waals surface area (Å²) in [7, 11) is -1.85. The summed E-state index contributed by atoms with van der Waals surface area (Å²) >= 11 is 0. The normalized spacial score (nSPS) is 12.7. The molecule has 0 aliphatic heterocycles. The summed E-state index contributed by atoms with van der Waals surface area (Å²) in [6, 6.07) is 11.2. The van der Waals surface area contributed by atoms with Gasteiger partial charge in [-0.1, -0.05) is 38.1 Å². The first-order valence-corrected chi connectivity index (χ1v) is 10.7. The number of anilines is 1. The van der Waals surface area contributed by atoms with Crippen molar-refractivity contribution in [1.29, 1.82) is 0 Å². The number of sulfonamides is 1. The molecule has 0 saturated heterocycles. The Bertz CT molecular complexity index is 876. The lowest BCUT2D eigenvalue weighted by molar-refractivity contribution is -0.121. The SMILES string of the molecule is CC(C)c1ccc(CC(=O)N[C@H](C)c2ccc(N(C)S(C)(=O)=O)cn2)cc1.